The molecular formula is C22H23ClN6O4. The summed E-state index contributed by atoms with van der Waals surface area (Å²) in [7, 11) is 0. The summed E-state index contributed by atoms with van der Waals surface area (Å²) in [5, 5.41) is 7.57. The Hall–Kier alpha value is -3.24. The minimum absolute atomic E-state index is 0.169. The van der Waals surface area contributed by atoms with E-state index < -0.39 is 0 Å². The maximum absolute atomic E-state index is 13.4. The van der Waals surface area contributed by atoms with Gasteiger partial charge in [-0.2, -0.15) is 9.61 Å². The van der Waals surface area contributed by atoms with Crippen LogP contribution in [0.2, 0.25) is 5.02 Å². The number of hydrogen-bond donors (Lipinski definition) is 1. The number of amides is 2. The SMILES string of the molecule is CCc1cc2n(CC(=O)Nc3ccc(Cl)cn3)c3c(c(=O)n2n1)CN(CC1CCOC1)C3=O. The van der Waals surface area contributed by atoms with E-state index in [9.17, 15) is 14.4 Å². The Balaban J connectivity index is 1.52. The number of ether oxygens (including phenoxy) is 1. The van der Waals surface area contributed by atoms with Crippen LogP contribution in [0.3, 0.4) is 0 Å². The predicted molar refractivity (Wildman–Crippen MR) is 120 cm³/mol. The van der Waals surface area contributed by atoms with Gasteiger partial charge in [0.25, 0.3) is 11.5 Å². The van der Waals surface area contributed by atoms with Crippen LogP contribution in [0.4, 0.5) is 5.82 Å². The zero-order valence-electron chi connectivity index (χ0n) is 18.1. The van der Waals surface area contributed by atoms with Crippen LogP contribution in [0.15, 0.2) is 29.2 Å². The molecule has 5 rings (SSSR count). The standard InChI is InChI=1S/C22H23ClN6O4/c1-2-15-7-19-28(11-18(30)25-17-4-3-14(23)8-24-17)20-16(21(31)29(19)26-15)10-27(22(20)32)9-13-5-6-33-12-13/h3-4,7-8,13H,2,5-6,9-12H2,1H3,(H,24,25,30). The minimum Gasteiger partial charge on any atom is -0.381 e. The second-order valence-electron chi connectivity index (χ2n) is 8.30. The zero-order chi connectivity index (χ0) is 23.1. The van der Waals surface area contributed by atoms with Crippen LogP contribution in [-0.4, -0.2) is 55.6 Å². The molecule has 0 spiro atoms. The van der Waals surface area contributed by atoms with Gasteiger partial charge in [-0.15, -0.1) is 0 Å². The van der Waals surface area contributed by atoms with Gasteiger partial charge in [0, 0.05) is 31.3 Å². The quantitative estimate of drug-likeness (QED) is 0.587. The molecule has 0 bridgehead atoms. The topological polar surface area (TPSA) is 111 Å². The highest BCUT2D eigenvalue weighted by Crippen LogP contribution is 2.25. The van der Waals surface area contributed by atoms with Crippen LogP contribution in [0.5, 0.6) is 0 Å². The Morgan fingerprint density at radius 2 is 2.18 bits per heavy atom. The van der Waals surface area contributed by atoms with Crippen LogP contribution >= 0.6 is 11.6 Å². The Morgan fingerprint density at radius 3 is 2.88 bits per heavy atom. The van der Waals surface area contributed by atoms with Gasteiger partial charge in [-0.25, -0.2) is 4.98 Å². The lowest BCUT2D eigenvalue weighted by molar-refractivity contribution is -0.116. The first kappa shape index (κ1) is 21.6. The fraction of sp³-hybridized carbons (Fsp3) is 0.409. The number of aryl methyl sites for hydroxylation is 1. The fourth-order valence-corrected chi connectivity index (χ4v) is 4.47. The monoisotopic (exact) mass is 470 g/mol. The first-order valence-electron chi connectivity index (χ1n) is 10.9. The molecule has 33 heavy (non-hydrogen) atoms. The van der Waals surface area contributed by atoms with Gasteiger partial charge in [0.05, 0.1) is 29.4 Å². The fourth-order valence-electron chi connectivity index (χ4n) is 4.36. The molecule has 0 aromatic carbocycles. The highest BCUT2D eigenvalue weighted by atomic mass is 35.5. The molecule has 2 aliphatic rings. The molecule has 0 radical (unpaired) electrons. The molecule has 0 saturated carbocycles. The molecule has 172 valence electrons. The van der Waals surface area contributed by atoms with E-state index in [0.717, 1.165) is 6.42 Å². The van der Waals surface area contributed by atoms with Crippen LogP contribution < -0.4 is 10.9 Å². The van der Waals surface area contributed by atoms with Crippen molar-refractivity contribution in [3.05, 3.63) is 56.7 Å². The molecule has 2 amide bonds. The second-order valence-corrected chi connectivity index (χ2v) is 8.74. The third kappa shape index (κ3) is 4.00. The number of nitrogens with zero attached hydrogens (tertiary/aromatic N) is 5. The summed E-state index contributed by atoms with van der Waals surface area (Å²) in [6, 6.07) is 4.96. The normalized spacial score (nSPS) is 17.7. The van der Waals surface area contributed by atoms with Gasteiger partial charge >= 0.3 is 0 Å². The van der Waals surface area contributed by atoms with E-state index in [-0.39, 0.29) is 42.1 Å². The lowest BCUT2D eigenvalue weighted by Gasteiger charge is -2.19. The van der Waals surface area contributed by atoms with Crippen molar-refractivity contribution in [3.8, 4) is 0 Å². The summed E-state index contributed by atoms with van der Waals surface area (Å²) in [6.07, 6.45) is 2.93. The van der Waals surface area contributed by atoms with Gasteiger partial charge in [0.2, 0.25) is 5.91 Å². The summed E-state index contributed by atoms with van der Waals surface area (Å²) < 4.78 is 8.31. The highest BCUT2D eigenvalue weighted by molar-refractivity contribution is 6.30. The predicted octanol–water partition coefficient (Wildman–Crippen LogP) is 1.74. The number of rotatable bonds is 6. The van der Waals surface area contributed by atoms with Gasteiger partial charge < -0.3 is 19.5 Å². The zero-order valence-corrected chi connectivity index (χ0v) is 18.8. The maximum Gasteiger partial charge on any atom is 0.280 e. The van der Waals surface area contributed by atoms with Crippen molar-refractivity contribution >= 4 is 34.9 Å². The van der Waals surface area contributed by atoms with E-state index in [1.807, 2.05) is 6.92 Å². The molecule has 10 nitrogen and oxygen atoms in total. The number of hydrogen-bond acceptors (Lipinski definition) is 6. The molecule has 1 saturated heterocycles. The van der Waals surface area contributed by atoms with Crippen LogP contribution in [0.1, 0.15) is 35.1 Å². The number of fused-ring (bicyclic) bond motifs is 2. The molecule has 3 aromatic heterocycles. The summed E-state index contributed by atoms with van der Waals surface area (Å²) in [5.41, 5.74) is 1.39. The van der Waals surface area contributed by atoms with E-state index >= 15 is 0 Å². The second kappa shape index (κ2) is 8.60. The van der Waals surface area contributed by atoms with Crippen molar-refractivity contribution in [2.45, 2.75) is 32.9 Å². The molecule has 0 aliphatic carbocycles. The lowest BCUT2D eigenvalue weighted by atomic mass is 10.1. The van der Waals surface area contributed by atoms with Gasteiger partial charge in [-0.05, 0) is 25.0 Å². The molecule has 11 heteroatoms. The number of pyridine rings is 1. The van der Waals surface area contributed by atoms with Gasteiger partial charge in [-0.3, -0.25) is 14.4 Å². The molecule has 3 aromatic rings. The third-order valence-electron chi connectivity index (χ3n) is 6.02. The summed E-state index contributed by atoms with van der Waals surface area (Å²) in [5.74, 6) is -0.0580. The molecular weight excluding hydrogens is 448 g/mol. The summed E-state index contributed by atoms with van der Waals surface area (Å²) in [4.78, 5) is 45.2. The molecule has 2 aliphatic heterocycles. The largest absolute Gasteiger partial charge is 0.381 e. The highest BCUT2D eigenvalue weighted by Gasteiger charge is 2.36. The smallest absolute Gasteiger partial charge is 0.280 e. The van der Waals surface area contributed by atoms with Crippen LogP contribution in [-0.2, 0) is 29.0 Å². The first-order chi connectivity index (χ1) is 15.9. The molecule has 5 heterocycles. The molecule has 1 fully saturated rings. The number of nitrogens with one attached hydrogen (secondary N) is 1. The van der Waals surface area contributed by atoms with Crippen molar-refractivity contribution in [1.29, 1.82) is 0 Å². The average molecular weight is 471 g/mol. The van der Waals surface area contributed by atoms with Crippen LogP contribution in [0.25, 0.3) is 5.65 Å². The number of carbonyl (C=O) groups excluding carboxylic acids is 2. The summed E-state index contributed by atoms with van der Waals surface area (Å²) in [6.45, 7) is 3.75. The molecule has 1 atom stereocenters. The van der Waals surface area contributed by atoms with Crippen LogP contribution in [0, 0.1) is 5.92 Å². The Morgan fingerprint density at radius 1 is 1.33 bits per heavy atom. The van der Waals surface area contributed by atoms with Gasteiger partial charge in [0.15, 0.2) is 0 Å². The van der Waals surface area contributed by atoms with Gasteiger partial charge in [-0.1, -0.05) is 18.5 Å². The van der Waals surface area contributed by atoms with Crippen molar-refractivity contribution < 1.29 is 14.3 Å². The Labute approximate surface area is 194 Å². The Bertz CT molecular complexity index is 1290. The Kier molecular flexibility index (Phi) is 5.63. The van der Waals surface area contributed by atoms with Crippen molar-refractivity contribution in [2.24, 2.45) is 5.92 Å². The first-order valence-corrected chi connectivity index (χ1v) is 11.2. The van der Waals surface area contributed by atoms with E-state index in [1.165, 1.54) is 10.7 Å². The van der Waals surface area contributed by atoms with Crippen molar-refractivity contribution in [3.63, 3.8) is 0 Å². The van der Waals surface area contributed by atoms with Crippen molar-refractivity contribution in [1.82, 2.24) is 24.1 Å². The average Bonchev–Trinajstić information content (AvgIpc) is 3.53. The molecule has 1 unspecified atom stereocenters. The van der Waals surface area contributed by atoms with E-state index in [2.05, 4.69) is 15.4 Å². The van der Waals surface area contributed by atoms with E-state index in [1.54, 1.807) is 27.7 Å². The third-order valence-corrected chi connectivity index (χ3v) is 6.25. The minimum atomic E-state index is -0.382. The molecule has 1 N–H and O–H groups in total. The maximum atomic E-state index is 13.4. The van der Waals surface area contributed by atoms with E-state index in [0.29, 0.717) is 53.9 Å². The van der Waals surface area contributed by atoms with Crippen molar-refractivity contribution in [2.75, 3.05) is 25.1 Å². The number of anilines is 1. The number of halogens is 1. The van der Waals surface area contributed by atoms with E-state index in [4.69, 9.17) is 16.3 Å². The number of aromatic nitrogens is 4. The summed E-state index contributed by atoms with van der Waals surface area (Å²) >= 11 is 5.86. The number of carbonyl (C=O) groups is 2. The lowest BCUT2D eigenvalue weighted by Crippen LogP contribution is -2.32. The van der Waals surface area contributed by atoms with Gasteiger partial charge in [0.1, 0.15) is 23.7 Å².